The van der Waals surface area contributed by atoms with Crippen LogP contribution in [0.3, 0.4) is 0 Å². The van der Waals surface area contributed by atoms with Gasteiger partial charge in [0.25, 0.3) is 0 Å². The van der Waals surface area contributed by atoms with Crippen LogP contribution in [0.1, 0.15) is 55.1 Å². The number of nitrogens with one attached hydrogen (secondary N) is 1. The molecule has 200 valence electrons. The smallest absolute Gasteiger partial charge is 0.407 e. The van der Waals surface area contributed by atoms with Crippen molar-refractivity contribution in [2.45, 2.75) is 51.7 Å². The first-order valence-corrected chi connectivity index (χ1v) is 13.2. The summed E-state index contributed by atoms with van der Waals surface area (Å²) < 4.78 is 16.4. The van der Waals surface area contributed by atoms with Gasteiger partial charge in [0.15, 0.2) is 5.76 Å². The van der Waals surface area contributed by atoms with E-state index < -0.39 is 11.5 Å². The molecule has 1 aromatic heterocycles. The fourth-order valence-electron chi connectivity index (χ4n) is 4.77. The second-order valence-corrected chi connectivity index (χ2v) is 9.89. The first-order valence-electron chi connectivity index (χ1n) is 13.2. The van der Waals surface area contributed by atoms with Crippen molar-refractivity contribution in [3.05, 3.63) is 101 Å². The van der Waals surface area contributed by atoms with Crippen LogP contribution in [-0.4, -0.2) is 23.8 Å². The highest BCUT2D eigenvalue weighted by molar-refractivity contribution is 5.87. The molecule has 1 fully saturated rings. The van der Waals surface area contributed by atoms with Crippen LogP contribution in [0.4, 0.5) is 4.79 Å². The predicted octanol–water partition coefficient (Wildman–Crippen LogP) is 6.90. The van der Waals surface area contributed by atoms with Gasteiger partial charge in [0.1, 0.15) is 6.61 Å². The van der Waals surface area contributed by atoms with Crippen molar-refractivity contribution in [3.63, 3.8) is 0 Å². The highest BCUT2D eigenvalue weighted by atomic mass is 16.6. The van der Waals surface area contributed by atoms with E-state index in [-0.39, 0.29) is 18.6 Å². The lowest BCUT2D eigenvalue weighted by Gasteiger charge is -2.15. The summed E-state index contributed by atoms with van der Waals surface area (Å²) in [4.78, 5) is 24.8. The van der Waals surface area contributed by atoms with Crippen molar-refractivity contribution < 1.29 is 23.6 Å². The molecule has 1 aliphatic carbocycles. The molecule has 1 atom stereocenters. The lowest BCUT2D eigenvalue weighted by atomic mass is 9.93. The van der Waals surface area contributed by atoms with E-state index in [1.54, 1.807) is 0 Å². The zero-order valence-corrected chi connectivity index (χ0v) is 22.4. The summed E-state index contributed by atoms with van der Waals surface area (Å²) in [5.74, 6) is 0.441. The van der Waals surface area contributed by atoms with Crippen molar-refractivity contribution in [1.29, 1.82) is 0 Å². The Bertz CT molecular complexity index is 1440. The van der Waals surface area contributed by atoms with E-state index in [1.807, 2.05) is 99.6 Å². The number of aryl methyl sites for hydroxylation is 1. The minimum absolute atomic E-state index is 0.0451. The lowest BCUT2D eigenvalue weighted by Crippen LogP contribution is -2.27. The SMILES string of the molecule is CCOC(=O)C1(c2ccc(-c3ccc(-c4onc(C)c4COC(=O)N[C@@H](C)c4ccccc4)cc3)cc2)CC1. The number of benzene rings is 3. The number of aromatic nitrogens is 1. The predicted molar refractivity (Wildman–Crippen MR) is 148 cm³/mol. The number of carbonyl (C=O) groups is 2. The molecule has 0 saturated heterocycles. The Labute approximate surface area is 228 Å². The van der Waals surface area contributed by atoms with Crippen LogP contribution < -0.4 is 5.32 Å². The summed E-state index contributed by atoms with van der Waals surface area (Å²) in [6, 6.07) is 25.6. The fraction of sp³-hybridized carbons (Fsp3) is 0.281. The summed E-state index contributed by atoms with van der Waals surface area (Å²) in [5, 5.41) is 6.96. The molecule has 1 aliphatic rings. The molecule has 0 bridgehead atoms. The maximum Gasteiger partial charge on any atom is 0.407 e. The lowest BCUT2D eigenvalue weighted by molar-refractivity contribution is -0.146. The first kappa shape index (κ1) is 26.2. The van der Waals surface area contributed by atoms with Gasteiger partial charge in [-0.25, -0.2) is 4.79 Å². The molecule has 0 unspecified atom stereocenters. The van der Waals surface area contributed by atoms with Gasteiger partial charge in [0.2, 0.25) is 0 Å². The Hall–Kier alpha value is -4.39. The number of ether oxygens (including phenoxy) is 2. The van der Waals surface area contributed by atoms with Crippen LogP contribution in [0, 0.1) is 6.92 Å². The van der Waals surface area contributed by atoms with Crippen LogP contribution >= 0.6 is 0 Å². The molecule has 0 aliphatic heterocycles. The van der Waals surface area contributed by atoms with Crippen molar-refractivity contribution in [3.8, 4) is 22.5 Å². The second-order valence-electron chi connectivity index (χ2n) is 9.89. The van der Waals surface area contributed by atoms with E-state index in [2.05, 4.69) is 10.5 Å². The molecular formula is C32H32N2O5. The van der Waals surface area contributed by atoms with Crippen LogP contribution in [0.25, 0.3) is 22.5 Å². The van der Waals surface area contributed by atoms with E-state index in [0.717, 1.165) is 46.2 Å². The van der Waals surface area contributed by atoms with Crippen LogP contribution in [0.15, 0.2) is 83.4 Å². The van der Waals surface area contributed by atoms with Crippen molar-refractivity contribution in [2.24, 2.45) is 0 Å². The van der Waals surface area contributed by atoms with Gasteiger partial charge in [-0.3, -0.25) is 4.79 Å². The molecule has 0 spiro atoms. The normalized spacial score (nSPS) is 14.3. The van der Waals surface area contributed by atoms with E-state index in [4.69, 9.17) is 14.0 Å². The molecule has 1 amide bonds. The van der Waals surface area contributed by atoms with Gasteiger partial charge in [-0.15, -0.1) is 0 Å². The Morgan fingerprint density at radius 2 is 1.54 bits per heavy atom. The van der Waals surface area contributed by atoms with E-state index in [9.17, 15) is 9.59 Å². The largest absolute Gasteiger partial charge is 0.465 e. The summed E-state index contributed by atoms with van der Waals surface area (Å²) in [7, 11) is 0. The molecule has 1 N–H and O–H groups in total. The first-order chi connectivity index (χ1) is 18.9. The molecule has 5 rings (SSSR count). The number of rotatable bonds is 9. The molecule has 1 heterocycles. The zero-order chi connectivity index (χ0) is 27.4. The van der Waals surface area contributed by atoms with Crippen molar-refractivity contribution in [2.75, 3.05) is 6.61 Å². The highest BCUT2D eigenvalue weighted by Gasteiger charge is 2.52. The summed E-state index contributed by atoms with van der Waals surface area (Å²) >= 11 is 0. The van der Waals surface area contributed by atoms with Gasteiger partial charge in [0, 0.05) is 5.56 Å². The average Bonchev–Trinajstić information content (AvgIpc) is 3.70. The average molecular weight is 525 g/mol. The minimum atomic E-state index is -0.507. The van der Waals surface area contributed by atoms with Gasteiger partial charge in [0.05, 0.1) is 29.3 Å². The van der Waals surface area contributed by atoms with Crippen molar-refractivity contribution >= 4 is 12.1 Å². The third-order valence-corrected chi connectivity index (χ3v) is 7.30. The molecule has 1 saturated carbocycles. The maximum absolute atomic E-state index is 12.4. The van der Waals surface area contributed by atoms with Crippen LogP contribution in [-0.2, 0) is 26.3 Å². The molecule has 39 heavy (non-hydrogen) atoms. The summed E-state index contributed by atoms with van der Waals surface area (Å²) in [5.41, 5.74) is 5.85. The number of nitrogens with zero attached hydrogens (tertiary/aromatic N) is 1. The number of esters is 1. The molecular weight excluding hydrogens is 492 g/mol. The second kappa shape index (κ2) is 11.2. The molecule has 0 radical (unpaired) electrons. The van der Waals surface area contributed by atoms with Gasteiger partial charge >= 0.3 is 12.1 Å². The number of hydrogen-bond donors (Lipinski definition) is 1. The van der Waals surface area contributed by atoms with E-state index >= 15 is 0 Å². The Kier molecular flexibility index (Phi) is 7.50. The van der Waals surface area contributed by atoms with Gasteiger partial charge in [-0.05, 0) is 55.9 Å². The van der Waals surface area contributed by atoms with Gasteiger partial charge < -0.3 is 19.3 Å². The van der Waals surface area contributed by atoms with E-state index in [0.29, 0.717) is 18.1 Å². The zero-order valence-electron chi connectivity index (χ0n) is 22.4. The number of alkyl carbamates (subject to hydrolysis) is 1. The molecule has 3 aromatic carbocycles. The minimum Gasteiger partial charge on any atom is -0.465 e. The Morgan fingerprint density at radius 3 is 2.15 bits per heavy atom. The van der Waals surface area contributed by atoms with Gasteiger partial charge in [-0.1, -0.05) is 84.0 Å². The number of carbonyl (C=O) groups excluding carboxylic acids is 2. The highest BCUT2D eigenvalue weighted by Crippen LogP contribution is 2.49. The Morgan fingerprint density at radius 1 is 0.923 bits per heavy atom. The van der Waals surface area contributed by atoms with Crippen molar-refractivity contribution in [1.82, 2.24) is 10.5 Å². The molecule has 7 heteroatoms. The quantitative estimate of drug-likeness (QED) is 0.240. The summed E-state index contributed by atoms with van der Waals surface area (Å²) in [6.45, 7) is 6.01. The van der Waals surface area contributed by atoms with E-state index in [1.165, 1.54) is 0 Å². The monoisotopic (exact) mass is 524 g/mol. The van der Waals surface area contributed by atoms with Gasteiger partial charge in [-0.2, -0.15) is 0 Å². The Balaban J connectivity index is 1.24. The third kappa shape index (κ3) is 5.58. The maximum atomic E-state index is 12.4. The fourth-order valence-corrected chi connectivity index (χ4v) is 4.77. The third-order valence-electron chi connectivity index (χ3n) is 7.30. The molecule has 7 nitrogen and oxygen atoms in total. The standard InChI is InChI=1S/C32H32N2O5/c1-4-37-30(35)32(18-19-32)27-16-14-25(15-17-27)24-10-12-26(13-11-24)29-28(22(3)34-39-29)20-38-31(36)33-21(2)23-8-6-5-7-9-23/h5-17,21H,4,18-20H2,1-3H3,(H,33,36)/t21-/m0/s1. The van der Waals surface area contributed by atoms with Crippen LogP contribution in [0.2, 0.25) is 0 Å². The number of hydrogen-bond acceptors (Lipinski definition) is 6. The van der Waals surface area contributed by atoms with Crippen LogP contribution in [0.5, 0.6) is 0 Å². The topological polar surface area (TPSA) is 90.7 Å². The summed E-state index contributed by atoms with van der Waals surface area (Å²) in [6.07, 6.45) is 1.15. The number of amides is 1. The molecule has 4 aromatic rings.